The van der Waals surface area contributed by atoms with Crippen molar-refractivity contribution in [3.63, 3.8) is 0 Å². The summed E-state index contributed by atoms with van der Waals surface area (Å²) in [6, 6.07) is 48.5. The smallest absolute Gasteiger partial charge is 0.114 e. The van der Waals surface area contributed by atoms with E-state index in [1.807, 2.05) is 42.5 Å². The third-order valence-corrected chi connectivity index (χ3v) is 9.43. The number of aryl methyl sites for hydroxylation is 1. The number of rotatable bonds is 6. The standard InChI is InChI=1S/C47H34N2/c1-2-45-48-43-28-12-13-29-44(43)49(45)36-21-15-19-34(31-36)33-18-14-20-35(30-33)46-39-24-8-10-26-41(39)47(42-27-11-9-25-40(42)46)38-23-7-6-22-37(38)32-16-4-3-5-17-32/h3-31H,2H2,1H3/i3D,4D,5D,16D,17D. The van der Waals surface area contributed by atoms with Crippen LogP contribution in [0.5, 0.6) is 0 Å². The van der Waals surface area contributed by atoms with Crippen molar-refractivity contribution in [1.82, 2.24) is 9.55 Å². The minimum atomic E-state index is -0.402. The molecule has 0 bridgehead atoms. The molecule has 2 heteroatoms. The molecule has 0 N–H and O–H groups in total. The Morgan fingerprint density at radius 1 is 0.510 bits per heavy atom. The number of benzene rings is 8. The van der Waals surface area contributed by atoms with Gasteiger partial charge in [-0.15, -0.1) is 0 Å². The van der Waals surface area contributed by atoms with Gasteiger partial charge in [0.15, 0.2) is 0 Å². The number of nitrogens with zero attached hydrogens (tertiary/aromatic N) is 2. The van der Waals surface area contributed by atoms with E-state index in [0.717, 1.165) is 83.9 Å². The average Bonchev–Trinajstić information content (AvgIpc) is 3.61. The van der Waals surface area contributed by atoms with Crippen molar-refractivity contribution in [2.45, 2.75) is 13.3 Å². The molecule has 0 atom stereocenters. The van der Waals surface area contributed by atoms with E-state index in [9.17, 15) is 0 Å². The second-order valence-electron chi connectivity index (χ2n) is 12.2. The molecule has 2 nitrogen and oxygen atoms in total. The van der Waals surface area contributed by atoms with Crippen LogP contribution in [0.1, 0.15) is 19.6 Å². The zero-order chi connectivity index (χ0) is 37.1. The molecule has 49 heavy (non-hydrogen) atoms. The van der Waals surface area contributed by atoms with Gasteiger partial charge in [0.1, 0.15) is 5.82 Å². The fourth-order valence-corrected chi connectivity index (χ4v) is 7.31. The molecule has 0 saturated carbocycles. The van der Waals surface area contributed by atoms with E-state index in [0.29, 0.717) is 5.56 Å². The zero-order valence-electron chi connectivity index (χ0n) is 32.0. The third-order valence-electron chi connectivity index (χ3n) is 9.43. The normalized spacial score (nSPS) is 12.9. The van der Waals surface area contributed by atoms with Crippen LogP contribution in [0.25, 0.3) is 82.8 Å². The van der Waals surface area contributed by atoms with Gasteiger partial charge in [0.05, 0.1) is 17.9 Å². The summed E-state index contributed by atoms with van der Waals surface area (Å²) in [6.07, 6.45) is 0.817. The van der Waals surface area contributed by atoms with Crippen molar-refractivity contribution in [2.24, 2.45) is 0 Å². The van der Waals surface area contributed by atoms with Crippen molar-refractivity contribution in [3.8, 4) is 50.2 Å². The van der Waals surface area contributed by atoms with E-state index in [1.165, 1.54) is 0 Å². The SMILES string of the molecule is [2H]c1c([2H])c([2H])c(-c2ccccc2-c2c3ccccc3c(-c3cccc(-c4cccc(-n5c(CC)nc6ccccc65)c4)c3)c3ccccc23)c([2H])c1[2H]. The maximum absolute atomic E-state index is 8.83. The van der Waals surface area contributed by atoms with Gasteiger partial charge in [-0.25, -0.2) is 4.98 Å². The number of fused-ring (bicyclic) bond motifs is 3. The summed E-state index contributed by atoms with van der Waals surface area (Å²) in [7, 11) is 0. The molecule has 9 aromatic rings. The van der Waals surface area contributed by atoms with Gasteiger partial charge in [0.2, 0.25) is 0 Å². The van der Waals surface area contributed by atoms with E-state index < -0.39 is 6.04 Å². The minimum absolute atomic E-state index is 0.193. The van der Waals surface area contributed by atoms with Crippen molar-refractivity contribution in [3.05, 3.63) is 182 Å². The fourth-order valence-electron chi connectivity index (χ4n) is 7.31. The number of hydrogen-bond donors (Lipinski definition) is 0. The Balaban J connectivity index is 1.25. The van der Waals surface area contributed by atoms with Gasteiger partial charge in [0.25, 0.3) is 0 Å². The predicted octanol–water partition coefficient (Wildman–Crippen LogP) is 12.6. The van der Waals surface area contributed by atoms with Crippen LogP contribution in [-0.2, 0) is 6.42 Å². The molecule has 0 radical (unpaired) electrons. The Labute approximate surface area is 293 Å². The van der Waals surface area contributed by atoms with Gasteiger partial charge in [-0.2, -0.15) is 0 Å². The molecule has 8 aromatic carbocycles. The first-order valence-electron chi connectivity index (χ1n) is 19.1. The highest BCUT2D eigenvalue weighted by Gasteiger charge is 2.19. The molecule has 232 valence electrons. The number of hydrogen-bond acceptors (Lipinski definition) is 1. The first-order chi connectivity index (χ1) is 26.4. The van der Waals surface area contributed by atoms with Crippen LogP contribution in [0, 0.1) is 0 Å². The van der Waals surface area contributed by atoms with Crippen LogP contribution in [0.2, 0.25) is 0 Å². The summed E-state index contributed by atoms with van der Waals surface area (Å²) in [5, 5.41) is 4.14. The largest absolute Gasteiger partial charge is 0.296 e. The maximum atomic E-state index is 8.83. The summed E-state index contributed by atoms with van der Waals surface area (Å²) in [5.74, 6) is 1.02. The summed E-state index contributed by atoms with van der Waals surface area (Å²) in [4.78, 5) is 4.91. The Morgan fingerprint density at radius 2 is 1.08 bits per heavy atom. The Morgan fingerprint density at radius 3 is 1.80 bits per heavy atom. The first kappa shape index (κ1) is 24.0. The number of aromatic nitrogens is 2. The Kier molecular flexibility index (Phi) is 5.91. The van der Waals surface area contributed by atoms with Gasteiger partial charge in [-0.05, 0) is 96.4 Å². The third kappa shape index (κ3) is 4.92. The van der Waals surface area contributed by atoms with Crippen molar-refractivity contribution in [2.75, 3.05) is 0 Å². The summed E-state index contributed by atoms with van der Waals surface area (Å²) in [5.41, 5.74) is 10.1. The molecule has 0 spiro atoms. The predicted molar refractivity (Wildman–Crippen MR) is 207 cm³/mol. The van der Waals surface area contributed by atoms with E-state index >= 15 is 0 Å². The minimum Gasteiger partial charge on any atom is -0.296 e. The van der Waals surface area contributed by atoms with E-state index in [4.69, 9.17) is 11.8 Å². The lowest BCUT2D eigenvalue weighted by molar-refractivity contribution is 0.908. The van der Waals surface area contributed by atoms with E-state index in [-0.39, 0.29) is 29.7 Å². The van der Waals surface area contributed by atoms with Gasteiger partial charge < -0.3 is 0 Å². The van der Waals surface area contributed by atoms with Gasteiger partial charge in [-0.1, -0.05) is 152 Å². The van der Waals surface area contributed by atoms with Gasteiger partial charge in [-0.3, -0.25) is 4.57 Å². The molecule has 0 amide bonds. The van der Waals surface area contributed by atoms with Crippen LogP contribution >= 0.6 is 0 Å². The Hall–Kier alpha value is -6.25. The number of para-hydroxylation sites is 2. The summed E-state index contributed by atoms with van der Waals surface area (Å²) >= 11 is 0. The monoisotopic (exact) mass is 631 g/mol. The van der Waals surface area contributed by atoms with Crippen LogP contribution < -0.4 is 0 Å². The molecule has 0 saturated heterocycles. The van der Waals surface area contributed by atoms with Crippen LogP contribution in [0.3, 0.4) is 0 Å². The van der Waals surface area contributed by atoms with Crippen molar-refractivity contribution in [1.29, 1.82) is 0 Å². The maximum Gasteiger partial charge on any atom is 0.114 e. The number of imidazole rings is 1. The molecule has 0 aliphatic rings. The van der Waals surface area contributed by atoms with E-state index in [1.54, 1.807) is 0 Å². The molecular weight excluding hydrogens is 593 g/mol. The highest BCUT2D eigenvalue weighted by Crippen LogP contribution is 2.46. The van der Waals surface area contributed by atoms with E-state index in [2.05, 4.69) is 115 Å². The molecule has 0 aliphatic carbocycles. The first-order valence-corrected chi connectivity index (χ1v) is 16.6. The second kappa shape index (κ2) is 12.1. The highest BCUT2D eigenvalue weighted by atomic mass is 15.1. The van der Waals surface area contributed by atoms with Crippen LogP contribution in [0.4, 0.5) is 0 Å². The Bertz CT molecular complexity index is 2860. The lowest BCUT2D eigenvalue weighted by atomic mass is 9.83. The molecule has 9 rings (SSSR count). The van der Waals surface area contributed by atoms with Crippen molar-refractivity contribution >= 4 is 32.6 Å². The molecular formula is C47H34N2. The van der Waals surface area contributed by atoms with Crippen molar-refractivity contribution < 1.29 is 6.85 Å². The van der Waals surface area contributed by atoms with Crippen LogP contribution in [-0.4, -0.2) is 9.55 Å². The molecule has 0 fully saturated rings. The van der Waals surface area contributed by atoms with Gasteiger partial charge in [0, 0.05) is 12.1 Å². The topological polar surface area (TPSA) is 17.8 Å². The fraction of sp³-hybridized carbons (Fsp3) is 0.0426. The second-order valence-corrected chi connectivity index (χ2v) is 12.2. The summed E-state index contributed by atoms with van der Waals surface area (Å²) < 4.78 is 44.9. The lowest BCUT2D eigenvalue weighted by Crippen LogP contribution is -2.00. The van der Waals surface area contributed by atoms with Gasteiger partial charge >= 0.3 is 0 Å². The zero-order valence-corrected chi connectivity index (χ0v) is 27.0. The lowest BCUT2D eigenvalue weighted by Gasteiger charge is -2.20. The molecule has 1 aromatic heterocycles. The molecule has 1 heterocycles. The average molecular weight is 632 g/mol. The highest BCUT2D eigenvalue weighted by molar-refractivity contribution is 6.22. The molecule has 0 aliphatic heterocycles. The quantitative estimate of drug-likeness (QED) is 0.167. The summed E-state index contributed by atoms with van der Waals surface area (Å²) in [6.45, 7) is 2.14. The molecule has 0 unspecified atom stereocenters. The van der Waals surface area contributed by atoms with Crippen LogP contribution in [0.15, 0.2) is 176 Å².